The van der Waals surface area contributed by atoms with Crippen molar-refractivity contribution in [1.82, 2.24) is 9.78 Å². The molecule has 3 aromatic rings. The Morgan fingerprint density at radius 1 is 1.12 bits per heavy atom. The summed E-state index contributed by atoms with van der Waals surface area (Å²) in [6.45, 7) is 0.888. The van der Waals surface area contributed by atoms with Crippen molar-refractivity contribution < 1.29 is 26.4 Å². The highest BCUT2D eigenvalue weighted by Gasteiger charge is 2.34. The number of nitrogens with one attached hydrogen (secondary N) is 1. The van der Waals surface area contributed by atoms with E-state index < -0.39 is 50.3 Å². The van der Waals surface area contributed by atoms with Crippen LogP contribution in [0.2, 0.25) is 5.02 Å². The number of aromatic nitrogens is 2. The van der Waals surface area contributed by atoms with Gasteiger partial charge in [-0.2, -0.15) is 18.3 Å². The minimum Gasteiger partial charge on any atom is -0.324 e. The van der Waals surface area contributed by atoms with Crippen LogP contribution in [-0.4, -0.2) is 24.1 Å². The van der Waals surface area contributed by atoms with Gasteiger partial charge in [0.05, 0.1) is 16.1 Å². The van der Waals surface area contributed by atoms with Gasteiger partial charge in [-0.1, -0.05) is 23.7 Å². The van der Waals surface area contributed by atoms with E-state index >= 15 is 0 Å². The molecule has 12 heteroatoms. The van der Waals surface area contributed by atoms with Crippen molar-refractivity contribution in [3.8, 4) is 0 Å². The second-order valence-electron chi connectivity index (χ2n) is 6.72. The third-order valence-electron chi connectivity index (χ3n) is 4.27. The van der Waals surface area contributed by atoms with Crippen LogP contribution < -0.4 is 10.9 Å². The molecule has 0 aliphatic heterocycles. The van der Waals surface area contributed by atoms with Gasteiger partial charge in [0.25, 0.3) is 5.56 Å². The van der Waals surface area contributed by atoms with E-state index in [1.54, 1.807) is 13.0 Å². The molecular weight excluding hydrogens is 471 g/mol. The number of halogens is 4. The van der Waals surface area contributed by atoms with Crippen LogP contribution in [0.3, 0.4) is 0 Å². The molecule has 1 aromatic heterocycles. The Bertz CT molecular complexity index is 1350. The molecule has 3 rings (SSSR count). The first kappa shape index (κ1) is 23.5. The quantitative estimate of drug-likeness (QED) is 0.594. The van der Waals surface area contributed by atoms with E-state index in [9.17, 15) is 31.2 Å². The summed E-state index contributed by atoms with van der Waals surface area (Å²) in [5, 5.41) is 5.11. The summed E-state index contributed by atoms with van der Waals surface area (Å²) in [7, 11) is -4.09. The normalized spacial score (nSPS) is 11.9. The number of carbonyl (C=O) groups excluding carboxylic acids is 1. The number of aryl methyl sites for hydroxylation is 1. The van der Waals surface area contributed by atoms with Crippen molar-refractivity contribution in [3.63, 3.8) is 0 Å². The fourth-order valence-electron chi connectivity index (χ4n) is 2.78. The summed E-state index contributed by atoms with van der Waals surface area (Å²) in [5.74, 6) is -1.02. The maximum Gasteiger partial charge on any atom is 0.418 e. The molecule has 1 N–H and O–H groups in total. The monoisotopic (exact) mass is 485 g/mol. The van der Waals surface area contributed by atoms with Gasteiger partial charge in [-0.25, -0.2) is 13.1 Å². The SMILES string of the molecule is Cc1cccc(S(=O)(=O)c2ccc(=O)n(CC(=O)Nc3ccc(Cl)cc3C(F)(F)F)n2)c1. The third kappa shape index (κ3) is 5.17. The number of amides is 1. The number of sulfone groups is 1. The van der Waals surface area contributed by atoms with Gasteiger partial charge >= 0.3 is 6.18 Å². The summed E-state index contributed by atoms with van der Waals surface area (Å²) in [6.07, 6.45) is -4.79. The van der Waals surface area contributed by atoms with Crippen LogP contribution in [0.1, 0.15) is 11.1 Å². The Kier molecular flexibility index (Phi) is 6.42. The summed E-state index contributed by atoms with van der Waals surface area (Å²) < 4.78 is 65.7. The van der Waals surface area contributed by atoms with Gasteiger partial charge in [-0.15, -0.1) is 0 Å². The van der Waals surface area contributed by atoms with Crippen molar-refractivity contribution in [3.05, 3.63) is 81.1 Å². The molecule has 168 valence electrons. The largest absolute Gasteiger partial charge is 0.418 e. The number of alkyl halides is 3. The predicted molar refractivity (Wildman–Crippen MR) is 110 cm³/mol. The molecule has 0 aliphatic rings. The van der Waals surface area contributed by atoms with Crippen LogP contribution in [0.15, 0.2) is 69.3 Å². The van der Waals surface area contributed by atoms with Gasteiger partial charge in [-0.3, -0.25) is 9.59 Å². The first-order valence-corrected chi connectivity index (χ1v) is 10.8. The summed E-state index contributed by atoms with van der Waals surface area (Å²) in [4.78, 5) is 24.3. The fourth-order valence-corrected chi connectivity index (χ4v) is 4.24. The smallest absolute Gasteiger partial charge is 0.324 e. The summed E-state index contributed by atoms with van der Waals surface area (Å²) in [6, 6.07) is 10.7. The molecule has 0 aliphatic carbocycles. The number of carbonyl (C=O) groups is 1. The first-order chi connectivity index (χ1) is 14.9. The maximum atomic E-state index is 13.2. The molecule has 0 atom stereocenters. The number of hydrogen-bond donors (Lipinski definition) is 1. The minimum atomic E-state index is -4.79. The standard InChI is InChI=1S/C20H15ClF3N3O4S/c1-12-3-2-4-14(9-12)32(30,31)18-7-8-19(29)27(26-18)11-17(28)25-16-6-5-13(21)10-15(16)20(22,23)24/h2-10H,11H2,1H3,(H,25,28). The Labute approximate surface area is 185 Å². The summed E-state index contributed by atoms with van der Waals surface area (Å²) >= 11 is 5.61. The number of benzene rings is 2. The lowest BCUT2D eigenvalue weighted by Gasteiger charge is -2.14. The second-order valence-corrected chi connectivity index (χ2v) is 9.06. The van der Waals surface area contributed by atoms with E-state index in [0.717, 1.165) is 24.3 Å². The molecule has 7 nitrogen and oxygen atoms in total. The van der Waals surface area contributed by atoms with Gasteiger partial charge in [0.1, 0.15) is 6.54 Å². The van der Waals surface area contributed by atoms with Crippen molar-refractivity contribution in [2.45, 2.75) is 29.6 Å². The van der Waals surface area contributed by atoms with E-state index in [0.29, 0.717) is 16.3 Å². The third-order valence-corrected chi connectivity index (χ3v) is 6.15. The Morgan fingerprint density at radius 3 is 2.50 bits per heavy atom. The van der Waals surface area contributed by atoms with Gasteiger partial charge in [0.15, 0.2) is 5.03 Å². The molecule has 0 unspecified atom stereocenters. The maximum absolute atomic E-state index is 13.2. The lowest BCUT2D eigenvalue weighted by Crippen LogP contribution is -2.30. The zero-order valence-corrected chi connectivity index (χ0v) is 17.9. The highest BCUT2D eigenvalue weighted by atomic mass is 35.5. The lowest BCUT2D eigenvalue weighted by atomic mass is 10.1. The van der Waals surface area contributed by atoms with Crippen LogP contribution >= 0.6 is 11.6 Å². The van der Waals surface area contributed by atoms with Crippen LogP contribution in [0.25, 0.3) is 0 Å². The van der Waals surface area contributed by atoms with Gasteiger partial charge < -0.3 is 5.32 Å². The zero-order valence-electron chi connectivity index (χ0n) is 16.4. The number of rotatable bonds is 5. The molecule has 0 bridgehead atoms. The molecule has 1 amide bonds. The molecule has 32 heavy (non-hydrogen) atoms. The van der Waals surface area contributed by atoms with Crippen molar-refractivity contribution in [1.29, 1.82) is 0 Å². The summed E-state index contributed by atoms with van der Waals surface area (Å²) in [5.41, 5.74) is -1.87. The molecular formula is C20H15ClF3N3O4S. The topological polar surface area (TPSA) is 98.1 Å². The fraction of sp³-hybridized carbons (Fsp3) is 0.150. The van der Waals surface area contributed by atoms with Crippen LogP contribution in [0, 0.1) is 6.92 Å². The Morgan fingerprint density at radius 2 is 1.84 bits per heavy atom. The van der Waals surface area contributed by atoms with Gasteiger partial charge in [0.2, 0.25) is 15.7 Å². The minimum absolute atomic E-state index is 0.0596. The lowest BCUT2D eigenvalue weighted by molar-refractivity contribution is -0.137. The van der Waals surface area contributed by atoms with Crippen molar-refractivity contribution in [2.75, 3.05) is 5.32 Å². The van der Waals surface area contributed by atoms with Crippen LogP contribution in [-0.2, 0) is 27.4 Å². The van der Waals surface area contributed by atoms with Crippen molar-refractivity contribution >= 4 is 33.0 Å². The van der Waals surface area contributed by atoms with Crippen LogP contribution in [0.5, 0.6) is 0 Å². The number of hydrogen-bond acceptors (Lipinski definition) is 5. The molecule has 0 saturated carbocycles. The van der Waals surface area contributed by atoms with Gasteiger partial charge in [0, 0.05) is 11.1 Å². The van der Waals surface area contributed by atoms with Crippen LogP contribution in [0.4, 0.5) is 18.9 Å². The van der Waals surface area contributed by atoms with E-state index in [2.05, 4.69) is 10.4 Å². The Balaban J connectivity index is 1.90. The number of anilines is 1. The number of nitrogens with zero attached hydrogens (tertiary/aromatic N) is 2. The predicted octanol–water partition coefficient (Wildman–Crippen LogP) is 3.70. The first-order valence-electron chi connectivity index (χ1n) is 8.94. The average Bonchev–Trinajstić information content (AvgIpc) is 2.70. The van der Waals surface area contributed by atoms with E-state index in [-0.39, 0.29) is 9.92 Å². The molecule has 0 saturated heterocycles. The molecule has 1 heterocycles. The zero-order chi connectivity index (χ0) is 23.7. The van der Waals surface area contributed by atoms with Crippen molar-refractivity contribution in [2.24, 2.45) is 0 Å². The molecule has 0 fully saturated rings. The average molecular weight is 486 g/mol. The Hall–Kier alpha value is -3.18. The molecule has 0 spiro atoms. The van der Waals surface area contributed by atoms with Gasteiger partial charge in [-0.05, 0) is 48.9 Å². The van der Waals surface area contributed by atoms with E-state index in [1.807, 2.05) is 0 Å². The second kappa shape index (κ2) is 8.75. The van der Waals surface area contributed by atoms with E-state index in [4.69, 9.17) is 11.6 Å². The van der Waals surface area contributed by atoms with E-state index in [1.165, 1.54) is 18.2 Å². The molecule has 2 aromatic carbocycles. The highest BCUT2D eigenvalue weighted by Crippen LogP contribution is 2.36. The highest BCUT2D eigenvalue weighted by molar-refractivity contribution is 7.91. The molecule has 0 radical (unpaired) electrons.